The molecule has 1 unspecified atom stereocenters. The maximum atomic E-state index is 13.1. The third-order valence-corrected chi connectivity index (χ3v) is 6.31. The Hall–Kier alpha value is -2.32. The van der Waals surface area contributed by atoms with Crippen LogP contribution in [-0.4, -0.2) is 53.8 Å². The number of nitrogens with zero attached hydrogens (tertiary/aromatic N) is 3. The largest absolute Gasteiger partial charge is 0.322 e. The number of nitrogens with one attached hydrogen (secondary N) is 1. The van der Waals surface area contributed by atoms with Crippen molar-refractivity contribution in [3.05, 3.63) is 54.1 Å². The van der Waals surface area contributed by atoms with Crippen LogP contribution in [0.25, 0.3) is 0 Å². The summed E-state index contributed by atoms with van der Waals surface area (Å²) in [6, 6.07) is 8.82. The van der Waals surface area contributed by atoms with Gasteiger partial charge in [0.1, 0.15) is 11.9 Å². The normalized spacial score (nSPS) is 18.4. The highest BCUT2D eigenvalue weighted by atomic mass is 32.2. The number of sulfone groups is 1. The van der Waals surface area contributed by atoms with Gasteiger partial charge in [-0.2, -0.15) is 0 Å². The average Bonchev–Trinajstić information content (AvgIpc) is 2.64. The van der Waals surface area contributed by atoms with Crippen molar-refractivity contribution in [3.63, 3.8) is 0 Å². The lowest BCUT2D eigenvalue weighted by Crippen LogP contribution is -2.46. The van der Waals surface area contributed by atoms with Crippen molar-refractivity contribution in [2.75, 3.05) is 29.9 Å². The van der Waals surface area contributed by atoms with E-state index in [1.165, 1.54) is 0 Å². The molecule has 1 aliphatic heterocycles. The van der Waals surface area contributed by atoms with Crippen molar-refractivity contribution >= 4 is 21.4 Å². The van der Waals surface area contributed by atoms with E-state index in [4.69, 9.17) is 0 Å². The Bertz CT molecular complexity index is 908. The molecular weight excluding hydrogens is 376 g/mol. The minimum absolute atomic E-state index is 0.0625. The number of aromatic nitrogens is 2. The lowest BCUT2D eigenvalue weighted by atomic mass is 9.96. The van der Waals surface area contributed by atoms with E-state index in [1.807, 2.05) is 56.0 Å². The maximum absolute atomic E-state index is 13.1. The second kappa shape index (κ2) is 7.97. The van der Waals surface area contributed by atoms with Crippen molar-refractivity contribution < 1.29 is 13.2 Å². The van der Waals surface area contributed by atoms with Crippen LogP contribution in [0.4, 0.5) is 5.69 Å². The quantitative estimate of drug-likeness (QED) is 0.843. The summed E-state index contributed by atoms with van der Waals surface area (Å²) in [4.78, 5) is 23.7. The van der Waals surface area contributed by atoms with E-state index < -0.39 is 15.9 Å². The minimum atomic E-state index is -3.03. The molecule has 0 aliphatic carbocycles. The second-order valence-electron chi connectivity index (χ2n) is 8.04. The second-order valence-corrected chi connectivity index (χ2v) is 10.3. The lowest BCUT2D eigenvalue weighted by molar-refractivity contribution is -0.121. The van der Waals surface area contributed by atoms with E-state index in [0.717, 1.165) is 5.56 Å². The standard InChI is InChI=1S/C20H26N4O3S/c1-20(2,3)19-21-13-16(14-22-19)23-18(25)17(15-7-5-4-6-8-15)24-9-11-28(26,27)12-10-24/h4-8,13-14,17H,9-12H2,1-3H3,(H,23,25). The van der Waals surface area contributed by atoms with Gasteiger partial charge in [-0.15, -0.1) is 0 Å². The molecule has 0 radical (unpaired) electrons. The van der Waals surface area contributed by atoms with Gasteiger partial charge in [0.15, 0.2) is 9.84 Å². The molecular formula is C20H26N4O3S. The molecule has 0 bridgehead atoms. The third-order valence-electron chi connectivity index (χ3n) is 4.70. The molecule has 2 aromatic rings. The number of rotatable bonds is 4. The molecule has 3 rings (SSSR count). The van der Waals surface area contributed by atoms with Crippen molar-refractivity contribution in [2.45, 2.75) is 32.2 Å². The highest BCUT2D eigenvalue weighted by Gasteiger charge is 2.32. The Morgan fingerprint density at radius 1 is 1.07 bits per heavy atom. The number of hydrogen-bond acceptors (Lipinski definition) is 6. The zero-order chi connectivity index (χ0) is 20.4. The summed E-state index contributed by atoms with van der Waals surface area (Å²) in [6.07, 6.45) is 3.21. The molecule has 1 saturated heterocycles. The van der Waals surface area contributed by atoms with Gasteiger partial charge in [-0.3, -0.25) is 9.69 Å². The number of anilines is 1. The van der Waals surface area contributed by atoms with Crippen LogP contribution in [-0.2, 0) is 20.0 Å². The summed E-state index contributed by atoms with van der Waals surface area (Å²) >= 11 is 0. The average molecular weight is 403 g/mol. The molecule has 1 aromatic carbocycles. The molecule has 8 heteroatoms. The summed E-state index contributed by atoms with van der Waals surface area (Å²) in [5.41, 5.74) is 1.17. The van der Waals surface area contributed by atoms with Crippen LogP contribution in [0.2, 0.25) is 0 Å². The fourth-order valence-corrected chi connectivity index (χ4v) is 4.37. The molecule has 150 valence electrons. The number of carbonyl (C=O) groups excluding carboxylic acids is 1. The highest BCUT2D eigenvalue weighted by molar-refractivity contribution is 7.91. The van der Waals surface area contributed by atoms with Crippen LogP contribution in [0.15, 0.2) is 42.7 Å². The summed E-state index contributed by atoms with van der Waals surface area (Å²) in [6.45, 7) is 6.73. The Balaban J connectivity index is 1.81. The summed E-state index contributed by atoms with van der Waals surface area (Å²) in [7, 11) is -3.03. The molecule has 1 amide bonds. The molecule has 1 N–H and O–H groups in total. The monoisotopic (exact) mass is 402 g/mol. The van der Waals surface area contributed by atoms with Gasteiger partial charge < -0.3 is 5.32 Å². The van der Waals surface area contributed by atoms with E-state index in [1.54, 1.807) is 12.4 Å². The first-order valence-corrected chi connectivity index (χ1v) is 11.1. The number of benzene rings is 1. The smallest absolute Gasteiger partial charge is 0.246 e. The molecule has 7 nitrogen and oxygen atoms in total. The predicted molar refractivity (Wildman–Crippen MR) is 109 cm³/mol. The van der Waals surface area contributed by atoms with E-state index in [0.29, 0.717) is 24.6 Å². The minimum Gasteiger partial charge on any atom is -0.322 e. The van der Waals surface area contributed by atoms with E-state index in [9.17, 15) is 13.2 Å². The van der Waals surface area contributed by atoms with Gasteiger partial charge in [0, 0.05) is 18.5 Å². The molecule has 0 saturated carbocycles. The van der Waals surface area contributed by atoms with E-state index >= 15 is 0 Å². The van der Waals surface area contributed by atoms with Gasteiger partial charge in [0.05, 0.1) is 29.6 Å². The zero-order valence-corrected chi connectivity index (χ0v) is 17.2. The Kier molecular flexibility index (Phi) is 5.81. The summed E-state index contributed by atoms with van der Waals surface area (Å²) in [5, 5.41) is 2.88. The van der Waals surface area contributed by atoms with Crippen LogP contribution in [0, 0.1) is 0 Å². The van der Waals surface area contributed by atoms with Crippen LogP contribution in [0.1, 0.15) is 38.2 Å². The Morgan fingerprint density at radius 2 is 1.64 bits per heavy atom. The van der Waals surface area contributed by atoms with Crippen molar-refractivity contribution in [1.29, 1.82) is 0 Å². The van der Waals surface area contributed by atoms with E-state index in [2.05, 4.69) is 15.3 Å². The molecule has 1 atom stereocenters. The van der Waals surface area contributed by atoms with Gasteiger partial charge in [0.2, 0.25) is 5.91 Å². The van der Waals surface area contributed by atoms with Gasteiger partial charge in [-0.1, -0.05) is 51.1 Å². The van der Waals surface area contributed by atoms with Crippen LogP contribution in [0.3, 0.4) is 0 Å². The molecule has 1 aliphatic rings. The Labute approximate surface area is 166 Å². The summed E-state index contributed by atoms with van der Waals surface area (Å²) in [5.74, 6) is 0.601. The molecule has 2 heterocycles. The fraction of sp³-hybridized carbons (Fsp3) is 0.450. The molecule has 28 heavy (non-hydrogen) atoms. The molecule has 1 fully saturated rings. The lowest BCUT2D eigenvalue weighted by Gasteiger charge is -2.33. The van der Waals surface area contributed by atoms with Crippen molar-refractivity contribution in [2.24, 2.45) is 0 Å². The first kappa shape index (κ1) is 20.4. The number of hydrogen-bond donors (Lipinski definition) is 1. The third kappa shape index (κ3) is 4.94. The van der Waals surface area contributed by atoms with Gasteiger partial charge in [-0.05, 0) is 5.56 Å². The van der Waals surface area contributed by atoms with Crippen LogP contribution >= 0.6 is 0 Å². The van der Waals surface area contributed by atoms with Gasteiger partial charge in [-0.25, -0.2) is 18.4 Å². The van der Waals surface area contributed by atoms with Crippen LogP contribution < -0.4 is 5.32 Å². The van der Waals surface area contributed by atoms with Gasteiger partial charge in [0.25, 0.3) is 0 Å². The van der Waals surface area contributed by atoms with Crippen LogP contribution in [0.5, 0.6) is 0 Å². The summed E-state index contributed by atoms with van der Waals surface area (Å²) < 4.78 is 23.6. The molecule has 1 aromatic heterocycles. The topological polar surface area (TPSA) is 92.3 Å². The van der Waals surface area contributed by atoms with Crippen molar-refractivity contribution in [1.82, 2.24) is 14.9 Å². The maximum Gasteiger partial charge on any atom is 0.246 e. The zero-order valence-electron chi connectivity index (χ0n) is 16.4. The predicted octanol–water partition coefficient (Wildman–Crippen LogP) is 2.18. The first-order valence-electron chi connectivity index (χ1n) is 9.28. The van der Waals surface area contributed by atoms with Crippen molar-refractivity contribution in [3.8, 4) is 0 Å². The fourth-order valence-electron chi connectivity index (χ4n) is 3.14. The SMILES string of the molecule is CC(C)(C)c1ncc(NC(=O)C(c2ccccc2)N2CCS(=O)(=O)CC2)cn1. The number of amides is 1. The number of carbonyl (C=O) groups is 1. The highest BCUT2D eigenvalue weighted by Crippen LogP contribution is 2.25. The Morgan fingerprint density at radius 3 is 2.18 bits per heavy atom. The molecule has 0 spiro atoms. The first-order chi connectivity index (χ1) is 13.2. The van der Waals surface area contributed by atoms with Gasteiger partial charge >= 0.3 is 0 Å². The van der Waals surface area contributed by atoms with E-state index in [-0.39, 0.29) is 22.8 Å².